The highest BCUT2D eigenvalue weighted by Crippen LogP contribution is 2.31. The Labute approximate surface area is 121 Å². The van der Waals surface area contributed by atoms with Crippen LogP contribution >= 0.6 is 0 Å². The molecule has 0 aliphatic carbocycles. The van der Waals surface area contributed by atoms with Crippen LogP contribution in [0.25, 0.3) is 0 Å². The number of fused-ring (bicyclic) bond motifs is 1. The van der Waals surface area contributed by atoms with Crippen molar-refractivity contribution in [1.82, 2.24) is 5.32 Å². The summed E-state index contributed by atoms with van der Waals surface area (Å²) in [4.78, 5) is 0. The molecular weight excluding hydrogens is 253 g/mol. The zero-order chi connectivity index (χ0) is 14.2. The molecule has 1 unspecified atom stereocenters. The molecule has 0 spiro atoms. The lowest BCUT2D eigenvalue weighted by atomic mass is 10.0. The molecule has 1 aliphatic rings. The molecule has 0 saturated carbocycles. The highest BCUT2D eigenvalue weighted by Gasteiger charge is 2.19. The molecule has 3 heteroatoms. The molecule has 20 heavy (non-hydrogen) atoms. The van der Waals surface area contributed by atoms with E-state index in [4.69, 9.17) is 4.74 Å². The number of unbranched alkanes of at least 4 members (excludes halogenated alkanes) is 4. The standard InChI is InChI=1S/C17H26FNO/c1-2-3-4-5-6-11-19-16-8-7-12-20-17-13-14(18)9-10-15(16)17/h9-10,13,16,19H,2-8,11-12H2,1H3. The molecule has 1 aromatic carbocycles. The van der Waals surface area contributed by atoms with Crippen LogP contribution < -0.4 is 10.1 Å². The SMILES string of the molecule is CCCCCCCNC1CCCOc2cc(F)ccc21. The molecule has 0 saturated heterocycles. The molecule has 1 aliphatic heterocycles. The van der Waals surface area contributed by atoms with Crippen molar-refractivity contribution in [2.45, 2.75) is 57.9 Å². The predicted molar refractivity (Wildman–Crippen MR) is 80.6 cm³/mol. The quantitative estimate of drug-likeness (QED) is 0.736. The Morgan fingerprint density at radius 3 is 2.95 bits per heavy atom. The number of benzene rings is 1. The van der Waals surface area contributed by atoms with Crippen LogP contribution in [0.5, 0.6) is 5.75 Å². The van der Waals surface area contributed by atoms with Crippen LogP contribution in [0.15, 0.2) is 18.2 Å². The van der Waals surface area contributed by atoms with E-state index in [1.54, 1.807) is 0 Å². The molecule has 0 fully saturated rings. The second-order valence-electron chi connectivity index (χ2n) is 5.59. The van der Waals surface area contributed by atoms with Crippen molar-refractivity contribution in [2.24, 2.45) is 0 Å². The predicted octanol–water partition coefficient (Wildman–Crippen LogP) is 4.60. The van der Waals surface area contributed by atoms with Crippen LogP contribution in [-0.4, -0.2) is 13.2 Å². The number of halogens is 1. The third kappa shape index (κ3) is 4.48. The van der Waals surface area contributed by atoms with Crippen molar-refractivity contribution >= 4 is 0 Å². The van der Waals surface area contributed by atoms with Gasteiger partial charge < -0.3 is 10.1 Å². The maximum Gasteiger partial charge on any atom is 0.126 e. The Morgan fingerprint density at radius 1 is 1.25 bits per heavy atom. The summed E-state index contributed by atoms with van der Waals surface area (Å²) >= 11 is 0. The van der Waals surface area contributed by atoms with Gasteiger partial charge >= 0.3 is 0 Å². The lowest BCUT2D eigenvalue weighted by molar-refractivity contribution is 0.313. The summed E-state index contributed by atoms with van der Waals surface area (Å²) < 4.78 is 18.9. The van der Waals surface area contributed by atoms with E-state index in [2.05, 4.69) is 12.2 Å². The van der Waals surface area contributed by atoms with Gasteiger partial charge in [0.15, 0.2) is 0 Å². The summed E-state index contributed by atoms with van der Waals surface area (Å²) in [5.74, 6) is 0.495. The van der Waals surface area contributed by atoms with Crippen LogP contribution in [0, 0.1) is 5.82 Å². The van der Waals surface area contributed by atoms with Crippen LogP contribution in [0.4, 0.5) is 4.39 Å². The number of rotatable bonds is 7. The Morgan fingerprint density at radius 2 is 2.10 bits per heavy atom. The molecule has 1 heterocycles. The summed E-state index contributed by atoms with van der Waals surface area (Å²) in [5, 5.41) is 3.61. The smallest absolute Gasteiger partial charge is 0.126 e. The van der Waals surface area contributed by atoms with E-state index in [0.717, 1.165) is 24.9 Å². The first-order valence-corrected chi connectivity index (χ1v) is 7.97. The Bertz CT molecular complexity index is 408. The topological polar surface area (TPSA) is 21.3 Å². The van der Waals surface area contributed by atoms with E-state index in [-0.39, 0.29) is 5.82 Å². The summed E-state index contributed by atoms with van der Waals surface area (Å²) in [6, 6.07) is 5.21. The van der Waals surface area contributed by atoms with E-state index in [1.807, 2.05) is 6.07 Å². The number of hydrogen-bond donors (Lipinski definition) is 1. The fourth-order valence-electron chi connectivity index (χ4n) is 2.76. The third-order valence-electron chi connectivity index (χ3n) is 3.92. The van der Waals surface area contributed by atoms with Crippen molar-refractivity contribution < 1.29 is 9.13 Å². The summed E-state index contributed by atoms with van der Waals surface area (Å²) in [7, 11) is 0. The minimum absolute atomic E-state index is 0.219. The van der Waals surface area contributed by atoms with Gasteiger partial charge in [0.1, 0.15) is 11.6 Å². The summed E-state index contributed by atoms with van der Waals surface area (Å²) in [6.07, 6.45) is 8.53. The minimum Gasteiger partial charge on any atom is -0.493 e. The average molecular weight is 279 g/mol. The minimum atomic E-state index is -0.219. The van der Waals surface area contributed by atoms with E-state index >= 15 is 0 Å². The van der Waals surface area contributed by atoms with Crippen molar-refractivity contribution in [3.63, 3.8) is 0 Å². The summed E-state index contributed by atoms with van der Waals surface area (Å²) in [6.45, 7) is 3.95. The Hall–Kier alpha value is -1.09. The van der Waals surface area contributed by atoms with Crippen molar-refractivity contribution in [3.05, 3.63) is 29.6 Å². The van der Waals surface area contributed by atoms with E-state index in [1.165, 1.54) is 44.2 Å². The normalized spacial score (nSPS) is 18.2. The molecule has 112 valence electrons. The highest BCUT2D eigenvalue weighted by atomic mass is 19.1. The largest absolute Gasteiger partial charge is 0.493 e. The van der Waals surface area contributed by atoms with Crippen LogP contribution in [0.1, 0.15) is 63.5 Å². The van der Waals surface area contributed by atoms with Gasteiger partial charge in [-0.15, -0.1) is 0 Å². The Kier molecular flexibility index (Phi) is 6.31. The van der Waals surface area contributed by atoms with Gasteiger partial charge in [0.25, 0.3) is 0 Å². The number of hydrogen-bond acceptors (Lipinski definition) is 2. The van der Waals surface area contributed by atoms with Gasteiger partial charge in [-0.05, 0) is 31.9 Å². The molecule has 0 radical (unpaired) electrons. The molecule has 0 bridgehead atoms. The second kappa shape index (κ2) is 8.25. The summed E-state index contributed by atoms with van der Waals surface area (Å²) in [5.41, 5.74) is 1.11. The van der Waals surface area contributed by atoms with Gasteiger partial charge in [0.2, 0.25) is 0 Å². The zero-order valence-corrected chi connectivity index (χ0v) is 12.5. The Balaban J connectivity index is 1.85. The maximum atomic E-state index is 13.3. The van der Waals surface area contributed by atoms with Crippen molar-refractivity contribution in [1.29, 1.82) is 0 Å². The van der Waals surface area contributed by atoms with Crippen LogP contribution in [0.2, 0.25) is 0 Å². The second-order valence-corrected chi connectivity index (χ2v) is 5.59. The van der Waals surface area contributed by atoms with E-state index in [9.17, 15) is 4.39 Å². The van der Waals surface area contributed by atoms with E-state index < -0.39 is 0 Å². The molecule has 2 nitrogen and oxygen atoms in total. The van der Waals surface area contributed by atoms with Gasteiger partial charge in [-0.25, -0.2) is 4.39 Å². The first kappa shape index (κ1) is 15.3. The fraction of sp³-hybridized carbons (Fsp3) is 0.647. The van der Waals surface area contributed by atoms with Crippen LogP contribution in [-0.2, 0) is 0 Å². The van der Waals surface area contributed by atoms with E-state index in [0.29, 0.717) is 18.4 Å². The van der Waals surface area contributed by atoms with Gasteiger partial charge in [0, 0.05) is 17.7 Å². The zero-order valence-electron chi connectivity index (χ0n) is 12.5. The third-order valence-corrected chi connectivity index (χ3v) is 3.92. The average Bonchev–Trinajstić information content (AvgIpc) is 2.64. The van der Waals surface area contributed by atoms with Gasteiger partial charge in [-0.3, -0.25) is 0 Å². The van der Waals surface area contributed by atoms with Crippen molar-refractivity contribution in [3.8, 4) is 5.75 Å². The molecule has 1 N–H and O–H groups in total. The van der Waals surface area contributed by atoms with Crippen LogP contribution in [0.3, 0.4) is 0 Å². The molecule has 0 amide bonds. The molecular formula is C17H26FNO. The van der Waals surface area contributed by atoms with Crippen molar-refractivity contribution in [2.75, 3.05) is 13.2 Å². The molecule has 2 rings (SSSR count). The molecule has 0 aromatic heterocycles. The van der Waals surface area contributed by atoms with Gasteiger partial charge in [-0.2, -0.15) is 0 Å². The lowest BCUT2D eigenvalue weighted by Crippen LogP contribution is -2.22. The first-order valence-electron chi connectivity index (χ1n) is 7.97. The lowest BCUT2D eigenvalue weighted by Gasteiger charge is -2.18. The number of nitrogens with one attached hydrogen (secondary N) is 1. The highest BCUT2D eigenvalue weighted by molar-refractivity contribution is 5.37. The first-order chi connectivity index (χ1) is 9.81. The number of ether oxygens (including phenoxy) is 1. The fourth-order valence-corrected chi connectivity index (χ4v) is 2.76. The molecule has 1 aromatic rings. The van der Waals surface area contributed by atoms with Gasteiger partial charge in [-0.1, -0.05) is 38.7 Å². The van der Waals surface area contributed by atoms with Gasteiger partial charge in [0.05, 0.1) is 6.61 Å². The monoisotopic (exact) mass is 279 g/mol. The molecule has 1 atom stereocenters. The maximum absolute atomic E-state index is 13.3.